The van der Waals surface area contributed by atoms with E-state index in [0.717, 1.165) is 12.1 Å². The molecular formula is C16H15N. The van der Waals surface area contributed by atoms with Crippen LogP contribution in [0.25, 0.3) is 11.1 Å². The van der Waals surface area contributed by atoms with Crippen molar-refractivity contribution in [2.45, 2.75) is 0 Å². The number of hydrogen-bond acceptors (Lipinski definition) is 1. The molecule has 0 bridgehead atoms. The first-order chi connectivity index (χ1) is 8.40. The Kier molecular flexibility index (Phi) is 3.96. The summed E-state index contributed by atoms with van der Waals surface area (Å²) in [4.78, 5) is 0. The summed E-state index contributed by atoms with van der Waals surface area (Å²) in [5.41, 5.74) is 3.52. The van der Waals surface area contributed by atoms with E-state index in [-0.39, 0.29) is 0 Å². The molecule has 0 saturated carbocycles. The Hall–Kier alpha value is -2.04. The van der Waals surface area contributed by atoms with E-state index in [1.807, 2.05) is 13.1 Å². The van der Waals surface area contributed by atoms with Gasteiger partial charge in [0.1, 0.15) is 0 Å². The SMILES string of the molecule is CNCC#Cc1ccc(-c2ccccc2)cc1. The molecule has 0 aliphatic carbocycles. The maximum absolute atomic E-state index is 3.11. The molecule has 1 nitrogen and oxygen atoms in total. The van der Waals surface area contributed by atoms with Gasteiger partial charge in [-0.1, -0.05) is 54.3 Å². The summed E-state index contributed by atoms with van der Waals surface area (Å²) >= 11 is 0. The molecule has 0 aliphatic rings. The van der Waals surface area contributed by atoms with Crippen LogP contribution in [0.1, 0.15) is 5.56 Å². The third-order valence-electron chi connectivity index (χ3n) is 2.49. The van der Waals surface area contributed by atoms with Gasteiger partial charge in [-0.3, -0.25) is 0 Å². The molecule has 1 N–H and O–H groups in total. The standard InChI is InChI=1S/C16H15N/c1-17-13-5-6-14-9-11-16(12-10-14)15-7-3-2-4-8-15/h2-4,7-12,17H,13H2,1H3. The molecule has 0 unspecified atom stereocenters. The third-order valence-corrected chi connectivity index (χ3v) is 2.49. The van der Waals surface area contributed by atoms with Crippen LogP contribution in [0.2, 0.25) is 0 Å². The second-order valence-corrected chi connectivity index (χ2v) is 3.78. The predicted molar refractivity (Wildman–Crippen MR) is 72.7 cm³/mol. The van der Waals surface area contributed by atoms with Crippen molar-refractivity contribution in [3.8, 4) is 23.0 Å². The van der Waals surface area contributed by atoms with Gasteiger partial charge in [0, 0.05) is 5.56 Å². The van der Waals surface area contributed by atoms with Crippen molar-refractivity contribution in [3.05, 3.63) is 60.2 Å². The van der Waals surface area contributed by atoms with Crippen LogP contribution in [-0.2, 0) is 0 Å². The molecule has 0 amide bonds. The van der Waals surface area contributed by atoms with E-state index in [1.54, 1.807) is 0 Å². The molecule has 84 valence electrons. The summed E-state index contributed by atoms with van der Waals surface area (Å²) in [6.45, 7) is 0.723. The van der Waals surface area contributed by atoms with Gasteiger partial charge in [-0.05, 0) is 30.3 Å². The van der Waals surface area contributed by atoms with Crippen LogP contribution in [0, 0.1) is 11.8 Å². The van der Waals surface area contributed by atoms with E-state index in [0.29, 0.717) is 0 Å². The molecule has 0 saturated heterocycles. The smallest absolute Gasteiger partial charge is 0.0577 e. The summed E-state index contributed by atoms with van der Waals surface area (Å²) in [6.07, 6.45) is 0. The molecule has 0 heterocycles. The lowest BCUT2D eigenvalue weighted by molar-refractivity contribution is 0.938. The summed E-state index contributed by atoms with van der Waals surface area (Å²) in [6, 6.07) is 18.7. The molecule has 0 aromatic heterocycles. The summed E-state index contributed by atoms with van der Waals surface area (Å²) < 4.78 is 0. The minimum Gasteiger partial charge on any atom is -0.309 e. The van der Waals surface area contributed by atoms with Crippen molar-refractivity contribution in [2.24, 2.45) is 0 Å². The Morgan fingerprint density at radius 3 is 2.18 bits per heavy atom. The highest BCUT2D eigenvalue weighted by Gasteiger charge is 1.95. The van der Waals surface area contributed by atoms with Crippen molar-refractivity contribution >= 4 is 0 Å². The molecule has 0 atom stereocenters. The van der Waals surface area contributed by atoms with Gasteiger partial charge in [0.05, 0.1) is 6.54 Å². The van der Waals surface area contributed by atoms with E-state index >= 15 is 0 Å². The van der Waals surface area contributed by atoms with Crippen LogP contribution in [-0.4, -0.2) is 13.6 Å². The maximum atomic E-state index is 3.11. The van der Waals surface area contributed by atoms with Crippen molar-refractivity contribution < 1.29 is 0 Å². The van der Waals surface area contributed by atoms with Crippen LogP contribution in [0.5, 0.6) is 0 Å². The minimum atomic E-state index is 0.723. The van der Waals surface area contributed by atoms with Crippen molar-refractivity contribution in [1.29, 1.82) is 0 Å². The molecule has 0 aliphatic heterocycles. The summed E-state index contributed by atoms with van der Waals surface area (Å²) in [7, 11) is 1.90. The lowest BCUT2D eigenvalue weighted by atomic mass is 10.0. The number of rotatable bonds is 2. The van der Waals surface area contributed by atoms with Crippen LogP contribution in [0.4, 0.5) is 0 Å². The van der Waals surface area contributed by atoms with E-state index in [9.17, 15) is 0 Å². The fraction of sp³-hybridized carbons (Fsp3) is 0.125. The van der Waals surface area contributed by atoms with Gasteiger partial charge in [0.15, 0.2) is 0 Å². The maximum Gasteiger partial charge on any atom is 0.0577 e. The monoisotopic (exact) mass is 221 g/mol. The number of benzene rings is 2. The fourth-order valence-corrected chi connectivity index (χ4v) is 1.61. The van der Waals surface area contributed by atoms with Gasteiger partial charge < -0.3 is 5.32 Å². The van der Waals surface area contributed by atoms with Crippen molar-refractivity contribution in [2.75, 3.05) is 13.6 Å². The van der Waals surface area contributed by atoms with Gasteiger partial charge in [-0.25, -0.2) is 0 Å². The average molecular weight is 221 g/mol. The molecule has 0 radical (unpaired) electrons. The second kappa shape index (κ2) is 5.89. The zero-order valence-electron chi connectivity index (χ0n) is 9.90. The minimum absolute atomic E-state index is 0.723. The quantitative estimate of drug-likeness (QED) is 0.769. The highest BCUT2D eigenvalue weighted by atomic mass is 14.8. The zero-order valence-corrected chi connectivity index (χ0v) is 9.90. The molecule has 2 aromatic rings. The number of nitrogens with one attached hydrogen (secondary N) is 1. The van der Waals surface area contributed by atoms with Gasteiger partial charge in [0.2, 0.25) is 0 Å². The summed E-state index contributed by atoms with van der Waals surface area (Å²) in [5, 5.41) is 3.00. The van der Waals surface area contributed by atoms with Crippen LogP contribution in [0.3, 0.4) is 0 Å². The second-order valence-electron chi connectivity index (χ2n) is 3.78. The fourth-order valence-electron chi connectivity index (χ4n) is 1.61. The molecule has 0 spiro atoms. The zero-order chi connectivity index (χ0) is 11.9. The molecule has 0 fully saturated rings. The van der Waals surface area contributed by atoms with Crippen LogP contribution >= 0.6 is 0 Å². The van der Waals surface area contributed by atoms with Crippen LogP contribution in [0.15, 0.2) is 54.6 Å². The van der Waals surface area contributed by atoms with E-state index in [4.69, 9.17) is 0 Å². The van der Waals surface area contributed by atoms with E-state index in [1.165, 1.54) is 11.1 Å². The molecule has 2 rings (SSSR count). The lowest BCUT2D eigenvalue weighted by Crippen LogP contribution is -2.04. The first-order valence-corrected chi connectivity index (χ1v) is 5.69. The molecule has 2 aromatic carbocycles. The van der Waals surface area contributed by atoms with E-state index < -0.39 is 0 Å². The largest absolute Gasteiger partial charge is 0.309 e. The predicted octanol–water partition coefficient (Wildman–Crippen LogP) is 2.92. The van der Waals surface area contributed by atoms with E-state index in [2.05, 4.69) is 65.7 Å². The Balaban J connectivity index is 2.17. The number of hydrogen-bond donors (Lipinski definition) is 1. The van der Waals surface area contributed by atoms with Gasteiger partial charge in [-0.2, -0.15) is 0 Å². The van der Waals surface area contributed by atoms with Gasteiger partial charge in [-0.15, -0.1) is 0 Å². The molecule has 17 heavy (non-hydrogen) atoms. The van der Waals surface area contributed by atoms with Crippen LogP contribution < -0.4 is 5.32 Å². The third kappa shape index (κ3) is 3.21. The topological polar surface area (TPSA) is 12.0 Å². The normalized spacial score (nSPS) is 9.47. The molecule has 1 heteroatoms. The lowest BCUT2D eigenvalue weighted by Gasteiger charge is -2.00. The van der Waals surface area contributed by atoms with Crippen molar-refractivity contribution in [1.82, 2.24) is 5.32 Å². The first kappa shape index (κ1) is 11.4. The van der Waals surface area contributed by atoms with Gasteiger partial charge >= 0.3 is 0 Å². The molecular weight excluding hydrogens is 206 g/mol. The van der Waals surface area contributed by atoms with Crippen molar-refractivity contribution in [3.63, 3.8) is 0 Å². The first-order valence-electron chi connectivity index (χ1n) is 5.69. The summed E-state index contributed by atoms with van der Waals surface area (Å²) in [5.74, 6) is 6.16. The Morgan fingerprint density at radius 2 is 1.53 bits per heavy atom. The highest BCUT2D eigenvalue weighted by molar-refractivity contribution is 5.64. The Bertz CT molecular complexity index is 515. The Morgan fingerprint density at radius 1 is 0.882 bits per heavy atom. The average Bonchev–Trinajstić information content (AvgIpc) is 2.41. The highest BCUT2D eigenvalue weighted by Crippen LogP contribution is 2.18. The van der Waals surface area contributed by atoms with Gasteiger partial charge in [0.25, 0.3) is 0 Å². The Labute approximate surface area is 102 Å².